The standard InChI is InChI=1S/C24H40N4O10S/c1-35-13-14-36-12-11-26-39(33,34)28-24(32)37-16-18(15-29)27-22(30)9-6-10-25-23(31)38-17-21-19-7-4-2-3-5-8-20(19)21/h18-21,26,29H,4-17H2,1H3,(H,25,31)(H,27,30)(H,28,32)/t18-,19-,20+,21?/m0/s1. The van der Waals surface area contributed by atoms with Gasteiger partial charge in [0.1, 0.15) is 6.61 Å². The number of alkyl carbamates (subject to hydrolysis) is 1. The van der Waals surface area contributed by atoms with Crippen LogP contribution in [0.5, 0.6) is 0 Å². The minimum atomic E-state index is -4.17. The van der Waals surface area contributed by atoms with E-state index in [0.29, 0.717) is 44.0 Å². The van der Waals surface area contributed by atoms with Crippen molar-refractivity contribution in [1.82, 2.24) is 20.1 Å². The number of ether oxygens (including phenoxy) is 4. The highest BCUT2D eigenvalue weighted by molar-refractivity contribution is 7.88. The van der Waals surface area contributed by atoms with E-state index in [2.05, 4.69) is 27.2 Å². The molecule has 2 rings (SSSR count). The molecule has 0 bridgehead atoms. The molecule has 3 amide bonds. The van der Waals surface area contributed by atoms with E-state index in [9.17, 15) is 27.9 Å². The van der Waals surface area contributed by atoms with Gasteiger partial charge in [0.2, 0.25) is 5.91 Å². The Morgan fingerprint density at radius 1 is 1.00 bits per heavy atom. The van der Waals surface area contributed by atoms with Gasteiger partial charge in [-0.25, -0.2) is 14.3 Å². The molecule has 2 aliphatic rings. The Morgan fingerprint density at radius 2 is 1.72 bits per heavy atom. The highest BCUT2D eigenvalue weighted by Crippen LogP contribution is 2.52. The lowest BCUT2D eigenvalue weighted by atomic mass is 10.1. The third kappa shape index (κ3) is 13.8. The van der Waals surface area contributed by atoms with Crippen LogP contribution in [0.3, 0.4) is 0 Å². The van der Waals surface area contributed by atoms with Gasteiger partial charge in [0.15, 0.2) is 0 Å². The largest absolute Gasteiger partial charge is 0.449 e. The molecule has 0 aliphatic heterocycles. The number of rotatable bonds is 18. The summed E-state index contributed by atoms with van der Waals surface area (Å²) >= 11 is 0. The highest BCUT2D eigenvalue weighted by atomic mass is 32.2. The number of amides is 3. The third-order valence-electron chi connectivity index (χ3n) is 6.29. The molecular weight excluding hydrogens is 536 g/mol. The van der Waals surface area contributed by atoms with Crippen LogP contribution in [-0.2, 0) is 34.0 Å². The second-order valence-electron chi connectivity index (χ2n) is 9.20. The number of methoxy groups -OCH3 is 1. The number of carbonyl (C=O) groups excluding carboxylic acids is 3. The van der Waals surface area contributed by atoms with Gasteiger partial charge in [-0.05, 0) is 37.0 Å². The summed E-state index contributed by atoms with van der Waals surface area (Å²) < 4.78 is 47.4. The normalized spacial score (nSPS) is 20.6. The van der Waals surface area contributed by atoms with Crippen LogP contribution in [0.25, 0.3) is 0 Å². The fraction of sp³-hybridized carbons (Fsp3) is 0.792. The lowest BCUT2D eigenvalue weighted by molar-refractivity contribution is -0.122. The number of hydrogen-bond acceptors (Lipinski definition) is 10. The van der Waals surface area contributed by atoms with Gasteiger partial charge in [-0.1, -0.05) is 0 Å². The average molecular weight is 577 g/mol. The van der Waals surface area contributed by atoms with Crippen LogP contribution in [0.2, 0.25) is 0 Å². The van der Waals surface area contributed by atoms with Crippen molar-refractivity contribution in [2.24, 2.45) is 17.8 Å². The number of aliphatic hydroxyl groups is 1. The SMILES string of the molecule is COCCOCCNS(=O)(=O)NC(=O)OC[C@H](CO)NC(=O)CCCNC(=O)OCC1[C@H]2CCC#CCC[C@@H]12. The van der Waals surface area contributed by atoms with Crippen LogP contribution in [0, 0.1) is 29.6 Å². The Bertz CT molecular complexity index is 934. The second kappa shape index (κ2) is 17.9. The molecule has 0 aromatic carbocycles. The molecule has 39 heavy (non-hydrogen) atoms. The minimum Gasteiger partial charge on any atom is -0.449 e. The van der Waals surface area contributed by atoms with E-state index >= 15 is 0 Å². The van der Waals surface area contributed by atoms with E-state index in [1.165, 1.54) is 7.11 Å². The molecule has 0 aromatic heterocycles. The van der Waals surface area contributed by atoms with Gasteiger partial charge in [-0.15, -0.1) is 11.8 Å². The number of nitrogens with one attached hydrogen (secondary N) is 4. The van der Waals surface area contributed by atoms with Crippen LogP contribution < -0.4 is 20.1 Å². The van der Waals surface area contributed by atoms with E-state index in [4.69, 9.17) is 18.9 Å². The maximum Gasteiger partial charge on any atom is 0.421 e. The minimum absolute atomic E-state index is 0.0422. The maximum absolute atomic E-state index is 12.1. The van der Waals surface area contributed by atoms with Crippen LogP contribution in [0.15, 0.2) is 0 Å². The van der Waals surface area contributed by atoms with Crippen LogP contribution in [0.1, 0.15) is 38.5 Å². The van der Waals surface area contributed by atoms with Gasteiger partial charge in [0.05, 0.1) is 39.1 Å². The predicted molar refractivity (Wildman–Crippen MR) is 138 cm³/mol. The van der Waals surface area contributed by atoms with Gasteiger partial charge in [0, 0.05) is 39.5 Å². The van der Waals surface area contributed by atoms with Crippen molar-refractivity contribution < 1.29 is 46.9 Å². The Kier molecular flexibility index (Phi) is 14.9. The monoisotopic (exact) mass is 576 g/mol. The summed E-state index contributed by atoms with van der Waals surface area (Å²) in [4.78, 5) is 35.8. The van der Waals surface area contributed by atoms with Crippen molar-refractivity contribution in [2.45, 2.75) is 44.6 Å². The first kappa shape index (κ1) is 32.6. The van der Waals surface area contributed by atoms with Gasteiger partial charge >= 0.3 is 22.4 Å². The van der Waals surface area contributed by atoms with Crippen LogP contribution >= 0.6 is 0 Å². The lowest BCUT2D eigenvalue weighted by Crippen LogP contribution is -2.45. The number of fused-ring (bicyclic) bond motifs is 1. The molecule has 14 nitrogen and oxygen atoms in total. The topological polar surface area (TPSA) is 191 Å². The van der Waals surface area contributed by atoms with Crippen molar-refractivity contribution in [3.05, 3.63) is 0 Å². The molecular formula is C24H40N4O10S. The average Bonchev–Trinajstić information content (AvgIpc) is 3.53. The molecule has 15 heteroatoms. The summed E-state index contributed by atoms with van der Waals surface area (Å²) in [5.41, 5.74) is 0. The number of carbonyl (C=O) groups is 3. The molecule has 5 N–H and O–H groups in total. The number of aliphatic hydroxyl groups excluding tert-OH is 1. The third-order valence-corrected chi connectivity index (χ3v) is 7.30. The Hall–Kier alpha value is -2.64. The zero-order chi connectivity index (χ0) is 28.5. The van der Waals surface area contributed by atoms with E-state index in [-0.39, 0.29) is 26.1 Å². The fourth-order valence-electron chi connectivity index (χ4n) is 4.23. The van der Waals surface area contributed by atoms with Crippen LogP contribution in [0.4, 0.5) is 9.59 Å². The summed E-state index contributed by atoms with van der Waals surface area (Å²) in [6.45, 7) is 0.271. The summed E-state index contributed by atoms with van der Waals surface area (Å²) in [6.07, 6.45) is 2.46. The Labute approximate surface area is 229 Å². The summed E-state index contributed by atoms with van der Waals surface area (Å²) in [5, 5.41) is 14.5. The lowest BCUT2D eigenvalue weighted by Gasteiger charge is -2.17. The quantitative estimate of drug-likeness (QED) is 0.106. The predicted octanol–water partition coefficient (Wildman–Crippen LogP) is -0.367. The zero-order valence-electron chi connectivity index (χ0n) is 22.2. The van der Waals surface area contributed by atoms with Crippen molar-refractivity contribution in [2.75, 3.05) is 59.8 Å². The smallest absolute Gasteiger partial charge is 0.421 e. The van der Waals surface area contributed by atoms with Gasteiger partial charge in [0.25, 0.3) is 0 Å². The molecule has 2 aliphatic carbocycles. The molecule has 0 spiro atoms. The fourth-order valence-corrected chi connectivity index (χ4v) is 4.93. The van der Waals surface area contributed by atoms with Crippen LogP contribution in [-0.4, -0.2) is 97.5 Å². The Balaban J connectivity index is 1.52. The molecule has 1 unspecified atom stereocenters. The van der Waals surface area contributed by atoms with E-state index in [1.807, 2.05) is 0 Å². The van der Waals surface area contributed by atoms with E-state index < -0.39 is 47.6 Å². The van der Waals surface area contributed by atoms with Gasteiger partial charge < -0.3 is 34.7 Å². The first-order chi connectivity index (χ1) is 18.8. The molecule has 222 valence electrons. The zero-order valence-corrected chi connectivity index (χ0v) is 23.1. The maximum atomic E-state index is 12.1. The molecule has 0 heterocycles. The Morgan fingerprint density at radius 3 is 2.38 bits per heavy atom. The molecule has 1 fully saturated rings. The van der Waals surface area contributed by atoms with Gasteiger partial charge in [-0.3, -0.25) is 4.79 Å². The van der Waals surface area contributed by atoms with Crippen molar-refractivity contribution in [3.63, 3.8) is 0 Å². The van der Waals surface area contributed by atoms with E-state index in [1.54, 1.807) is 4.72 Å². The summed E-state index contributed by atoms with van der Waals surface area (Å²) in [7, 11) is -2.67. The molecule has 1 saturated carbocycles. The molecule has 4 atom stereocenters. The second-order valence-corrected chi connectivity index (χ2v) is 10.7. The summed E-state index contributed by atoms with van der Waals surface area (Å²) in [5.74, 6) is 7.43. The molecule has 0 aromatic rings. The molecule has 0 radical (unpaired) electrons. The summed E-state index contributed by atoms with van der Waals surface area (Å²) in [6, 6.07) is -0.938. The van der Waals surface area contributed by atoms with Crippen molar-refractivity contribution in [3.8, 4) is 11.8 Å². The molecule has 0 saturated heterocycles. The number of hydrogen-bond donors (Lipinski definition) is 5. The first-order valence-corrected chi connectivity index (χ1v) is 14.5. The first-order valence-electron chi connectivity index (χ1n) is 13.0. The van der Waals surface area contributed by atoms with Gasteiger partial charge in [-0.2, -0.15) is 13.1 Å². The van der Waals surface area contributed by atoms with Crippen molar-refractivity contribution in [1.29, 1.82) is 0 Å². The highest BCUT2D eigenvalue weighted by Gasteiger charge is 2.49. The van der Waals surface area contributed by atoms with E-state index in [0.717, 1.165) is 25.7 Å². The van der Waals surface area contributed by atoms with Crippen molar-refractivity contribution >= 4 is 28.3 Å².